The summed E-state index contributed by atoms with van der Waals surface area (Å²) in [4.78, 5) is 30.6. The highest BCUT2D eigenvalue weighted by molar-refractivity contribution is 6.16. The number of carbonyl (C=O) groups excluding carboxylic acids is 2. The number of furan rings is 1. The Bertz CT molecular complexity index is 1240. The minimum absolute atomic E-state index is 0.0131. The SMILES string of the molecule is CCN(CC)CCN1C(=O)C(O)=C(C(=O)c2cc3ccccc3o2)[C@H]1c1ccc(OC)c(OC)c1. The van der Waals surface area contributed by atoms with E-state index in [2.05, 4.69) is 4.90 Å². The summed E-state index contributed by atoms with van der Waals surface area (Å²) < 4.78 is 16.6. The van der Waals surface area contributed by atoms with Crippen molar-refractivity contribution in [3.8, 4) is 11.5 Å². The fourth-order valence-corrected chi connectivity index (χ4v) is 4.50. The van der Waals surface area contributed by atoms with Gasteiger partial charge in [0.1, 0.15) is 5.58 Å². The van der Waals surface area contributed by atoms with E-state index in [0.717, 1.165) is 18.5 Å². The summed E-state index contributed by atoms with van der Waals surface area (Å²) in [5.74, 6) is -0.628. The summed E-state index contributed by atoms with van der Waals surface area (Å²) in [6.07, 6.45) is 0. The molecule has 0 saturated heterocycles. The average Bonchev–Trinajstić information content (AvgIpc) is 3.43. The van der Waals surface area contributed by atoms with E-state index in [1.165, 1.54) is 19.1 Å². The van der Waals surface area contributed by atoms with Crippen LogP contribution in [0.25, 0.3) is 11.0 Å². The Balaban J connectivity index is 1.79. The molecule has 1 aliphatic heterocycles. The first-order valence-corrected chi connectivity index (χ1v) is 11.6. The van der Waals surface area contributed by atoms with Gasteiger partial charge in [0.25, 0.3) is 5.91 Å². The summed E-state index contributed by atoms with van der Waals surface area (Å²) >= 11 is 0. The van der Waals surface area contributed by atoms with Gasteiger partial charge in [0.05, 0.1) is 25.8 Å². The fraction of sp³-hybridized carbons (Fsp3) is 0.333. The smallest absolute Gasteiger partial charge is 0.290 e. The van der Waals surface area contributed by atoms with Crippen molar-refractivity contribution in [2.75, 3.05) is 40.4 Å². The monoisotopic (exact) mass is 478 g/mol. The van der Waals surface area contributed by atoms with Gasteiger partial charge in [-0.05, 0) is 42.9 Å². The molecule has 1 N–H and O–H groups in total. The van der Waals surface area contributed by atoms with E-state index >= 15 is 0 Å². The van der Waals surface area contributed by atoms with Crippen LogP contribution in [0.5, 0.6) is 11.5 Å². The Morgan fingerprint density at radius 3 is 2.43 bits per heavy atom. The average molecular weight is 479 g/mol. The van der Waals surface area contributed by atoms with Crippen molar-refractivity contribution < 1.29 is 28.6 Å². The molecule has 0 saturated carbocycles. The molecule has 4 rings (SSSR count). The molecule has 8 nitrogen and oxygen atoms in total. The highest BCUT2D eigenvalue weighted by atomic mass is 16.5. The number of carbonyl (C=O) groups is 2. The molecule has 0 spiro atoms. The number of hydrogen-bond donors (Lipinski definition) is 1. The van der Waals surface area contributed by atoms with Gasteiger partial charge in [0.2, 0.25) is 5.78 Å². The van der Waals surface area contributed by atoms with Gasteiger partial charge in [-0.2, -0.15) is 0 Å². The number of rotatable bonds is 10. The van der Waals surface area contributed by atoms with Gasteiger partial charge in [-0.3, -0.25) is 9.59 Å². The summed E-state index contributed by atoms with van der Waals surface area (Å²) in [5, 5.41) is 11.7. The van der Waals surface area contributed by atoms with Crippen molar-refractivity contribution in [1.29, 1.82) is 0 Å². The molecule has 0 fully saturated rings. The van der Waals surface area contributed by atoms with Crippen LogP contribution in [0.2, 0.25) is 0 Å². The van der Waals surface area contributed by atoms with Crippen molar-refractivity contribution in [2.24, 2.45) is 0 Å². The van der Waals surface area contributed by atoms with Crippen LogP contribution in [-0.4, -0.2) is 67.0 Å². The summed E-state index contributed by atoms with van der Waals surface area (Å²) in [6.45, 7) is 6.68. The van der Waals surface area contributed by atoms with E-state index in [-0.39, 0.29) is 11.3 Å². The minimum Gasteiger partial charge on any atom is -0.503 e. The highest BCUT2D eigenvalue weighted by Crippen LogP contribution is 2.42. The highest BCUT2D eigenvalue weighted by Gasteiger charge is 2.44. The topological polar surface area (TPSA) is 92.5 Å². The van der Waals surface area contributed by atoms with Gasteiger partial charge >= 0.3 is 0 Å². The largest absolute Gasteiger partial charge is 0.503 e. The molecule has 1 aliphatic rings. The lowest BCUT2D eigenvalue weighted by Gasteiger charge is -2.29. The Morgan fingerprint density at radius 2 is 1.77 bits per heavy atom. The third-order valence-electron chi connectivity index (χ3n) is 6.47. The van der Waals surface area contributed by atoms with E-state index in [1.807, 2.05) is 32.0 Å². The predicted octanol–water partition coefficient (Wildman–Crippen LogP) is 4.37. The molecular formula is C27H30N2O6. The van der Waals surface area contributed by atoms with Crippen LogP contribution in [0.1, 0.15) is 36.0 Å². The number of benzene rings is 2. The number of hydrogen-bond acceptors (Lipinski definition) is 7. The van der Waals surface area contributed by atoms with Crippen molar-refractivity contribution in [2.45, 2.75) is 19.9 Å². The Morgan fingerprint density at radius 1 is 1.06 bits per heavy atom. The molecule has 3 aromatic rings. The Labute approximate surface area is 204 Å². The van der Waals surface area contributed by atoms with Gasteiger partial charge in [0.15, 0.2) is 23.0 Å². The van der Waals surface area contributed by atoms with Crippen LogP contribution in [0.4, 0.5) is 0 Å². The van der Waals surface area contributed by atoms with Crippen LogP contribution in [0.15, 0.2) is 64.3 Å². The van der Waals surface area contributed by atoms with E-state index in [9.17, 15) is 14.7 Å². The molecule has 1 aromatic heterocycles. The molecule has 0 radical (unpaired) electrons. The summed E-state index contributed by atoms with van der Waals surface area (Å²) in [7, 11) is 3.06. The van der Waals surface area contributed by atoms with Gasteiger partial charge < -0.3 is 28.8 Å². The van der Waals surface area contributed by atoms with Gasteiger partial charge in [-0.25, -0.2) is 0 Å². The molecule has 35 heavy (non-hydrogen) atoms. The number of Topliss-reactive ketones (excluding diaryl/α,β-unsaturated/α-hetero) is 1. The van der Waals surface area contributed by atoms with Crippen molar-refractivity contribution >= 4 is 22.7 Å². The normalized spacial score (nSPS) is 16.0. The van der Waals surface area contributed by atoms with Crippen LogP contribution in [0, 0.1) is 0 Å². The van der Waals surface area contributed by atoms with Crippen LogP contribution in [0.3, 0.4) is 0 Å². The lowest BCUT2D eigenvalue weighted by molar-refractivity contribution is -0.129. The van der Waals surface area contributed by atoms with Crippen LogP contribution >= 0.6 is 0 Å². The van der Waals surface area contributed by atoms with E-state index < -0.39 is 23.5 Å². The maximum absolute atomic E-state index is 13.7. The number of aliphatic hydroxyl groups is 1. The maximum atomic E-state index is 13.7. The Kier molecular flexibility index (Phi) is 7.12. The van der Waals surface area contributed by atoms with Gasteiger partial charge in [-0.15, -0.1) is 0 Å². The number of ketones is 1. The number of ether oxygens (including phenoxy) is 2. The number of para-hydroxylation sites is 1. The molecule has 0 unspecified atom stereocenters. The number of nitrogens with zero attached hydrogens (tertiary/aromatic N) is 2. The third-order valence-corrected chi connectivity index (χ3v) is 6.47. The number of fused-ring (bicyclic) bond motifs is 1. The first-order valence-electron chi connectivity index (χ1n) is 11.6. The second-order valence-corrected chi connectivity index (χ2v) is 8.28. The van der Waals surface area contributed by atoms with E-state index in [1.54, 1.807) is 30.3 Å². The summed E-state index contributed by atoms with van der Waals surface area (Å²) in [6, 6.07) is 13.3. The number of aliphatic hydroxyl groups excluding tert-OH is 1. The minimum atomic E-state index is -0.807. The quantitative estimate of drug-likeness (QED) is 0.433. The molecule has 1 atom stereocenters. The van der Waals surface area contributed by atoms with Crippen molar-refractivity contribution in [3.63, 3.8) is 0 Å². The zero-order valence-electron chi connectivity index (χ0n) is 20.4. The van der Waals surface area contributed by atoms with Crippen LogP contribution < -0.4 is 9.47 Å². The lowest BCUT2D eigenvalue weighted by Crippen LogP contribution is -2.38. The van der Waals surface area contributed by atoms with Crippen molar-refractivity contribution in [1.82, 2.24) is 9.80 Å². The van der Waals surface area contributed by atoms with E-state index in [4.69, 9.17) is 13.9 Å². The molecular weight excluding hydrogens is 448 g/mol. The zero-order chi connectivity index (χ0) is 25.1. The molecule has 1 amide bonds. The fourth-order valence-electron chi connectivity index (χ4n) is 4.50. The second kappa shape index (κ2) is 10.2. The van der Waals surface area contributed by atoms with Gasteiger partial charge in [-0.1, -0.05) is 38.1 Å². The van der Waals surface area contributed by atoms with Crippen LogP contribution in [-0.2, 0) is 4.79 Å². The number of likely N-dealkylation sites (N-methyl/N-ethyl adjacent to an activating group) is 1. The summed E-state index contributed by atoms with van der Waals surface area (Å²) in [5.41, 5.74) is 1.17. The van der Waals surface area contributed by atoms with Gasteiger partial charge in [0, 0.05) is 18.5 Å². The molecule has 0 bridgehead atoms. The lowest BCUT2D eigenvalue weighted by atomic mass is 9.94. The molecule has 0 aliphatic carbocycles. The van der Waals surface area contributed by atoms with E-state index in [0.29, 0.717) is 35.7 Å². The molecule has 2 heterocycles. The first kappa shape index (κ1) is 24.3. The Hall–Kier alpha value is -3.78. The second-order valence-electron chi connectivity index (χ2n) is 8.28. The number of methoxy groups -OCH3 is 2. The molecule has 8 heteroatoms. The first-order chi connectivity index (χ1) is 16.9. The third kappa shape index (κ3) is 4.49. The molecule has 2 aromatic carbocycles. The maximum Gasteiger partial charge on any atom is 0.290 e. The standard InChI is InChI=1S/C27H30N2O6/c1-5-28(6-2)13-14-29-24(18-11-12-20(33-3)21(16-18)34-4)23(26(31)27(29)32)25(30)22-15-17-9-7-8-10-19(17)35-22/h7-12,15-16,24,31H,5-6,13-14H2,1-4H3/t24-/m1/s1. The molecule has 184 valence electrons. The van der Waals surface area contributed by atoms with Crippen molar-refractivity contribution in [3.05, 3.63) is 71.2 Å². The predicted molar refractivity (Wildman–Crippen MR) is 132 cm³/mol. The number of amides is 1. The zero-order valence-corrected chi connectivity index (χ0v) is 20.4.